The van der Waals surface area contributed by atoms with Crippen LogP contribution in [-0.4, -0.2) is 78.5 Å². The largest absolute Gasteiger partial charge is 0.462 e. The van der Waals surface area contributed by atoms with Crippen LogP contribution in [0.25, 0.3) is 0 Å². The van der Waals surface area contributed by atoms with Crippen LogP contribution in [0.15, 0.2) is 36.4 Å². The predicted octanol–water partition coefficient (Wildman–Crippen LogP) is 12.2. The zero-order chi connectivity index (χ0) is 51.6. The van der Waals surface area contributed by atoms with Crippen molar-refractivity contribution in [2.75, 3.05) is 19.8 Å². The monoisotopic (exact) mass is 965 g/mol. The number of aldehydes is 1. The lowest BCUT2D eigenvalue weighted by atomic mass is 9.55. The first-order valence-electron chi connectivity index (χ1n) is 23.8. The molecule has 5 unspecified atom stereocenters. The zero-order valence-electron chi connectivity index (χ0n) is 42.6. The van der Waals surface area contributed by atoms with Gasteiger partial charge in [-0.15, -0.1) is 0 Å². The third-order valence-electron chi connectivity index (χ3n) is 16.7. The molecule has 1 aliphatic carbocycles. The second kappa shape index (κ2) is 18.3. The Labute approximate surface area is 399 Å². The van der Waals surface area contributed by atoms with Crippen molar-refractivity contribution in [3.05, 3.63) is 69.8 Å². The molecule has 3 aliphatic rings. The molecule has 2 saturated heterocycles. The van der Waals surface area contributed by atoms with E-state index in [0.29, 0.717) is 49.4 Å². The van der Waals surface area contributed by atoms with Gasteiger partial charge in [0.25, 0.3) is 0 Å². The van der Waals surface area contributed by atoms with Crippen LogP contribution < -0.4 is 10.6 Å². The highest BCUT2D eigenvalue weighted by atomic mass is 19.4. The molecular weight excluding hydrogens is 891 g/mol. The first-order valence-corrected chi connectivity index (χ1v) is 23.8. The van der Waals surface area contributed by atoms with Gasteiger partial charge in [-0.05, 0) is 157 Å². The average Bonchev–Trinajstić information content (AvgIpc) is 3.61. The summed E-state index contributed by atoms with van der Waals surface area (Å²) in [6, 6.07) is 3.38. The highest BCUT2D eigenvalue weighted by molar-refractivity contribution is 5.96. The Morgan fingerprint density at radius 2 is 1.00 bits per heavy atom. The van der Waals surface area contributed by atoms with Gasteiger partial charge in [0.05, 0.1) is 36.5 Å². The van der Waals surface area contributed by atoms with Gasteiger partial charge < -0.3 is 24.8 Å². The first-order chi connectivity index (χ1) is 30.8. The molecular formula is C53H74F6N2O7. The topological polar surface area (TPSA) is 120 Å². The second-order valence-corrected chi connectivity index (χ2v) is 24.1. The summed E-state index contributed by atoms with van der Waals surface area (Å²) in [5.41, 5.74) is -13.8. The molecule has 5 atom stereocenters. The first kappa shape index (κ1) is 55.0. The maximum absolute atomic E-state index is 16.0. The van der Waals surface area contributed by atoms with Crippen LogP contribution >= 0.6 is 0 Å². The normalized spacial score (nSPS) is 26.2. The minimum absolute atomic E-state index is 0.0290. The summed E-state index contributed by atoms with van der Waals surface area (Å²) >= 11 is 0. The number of halogens is 6. The summed E-state index contributed by atoms with van der Waals surface area (Å²) in [5.74, 6) is -4.19. The molecule has 380 valence electrons. The van der Waals surface area contributed by atoms with Gasteiger partial charge in [-0.25, -0.2) is 14.4 Å². The Morgan fingerprint density at radius 1 is 0.618 bits per heavy atom. The third kappa shape index (κ3) is 10.4. The van der Waals surface area contributed by atoms with E-state index in [1.807, 2.05) is 55.4 Å². The summed E-state index contributed by atoms with van der Waals surface area (Å²) in [5, 5.41) is 6.86. The fourth-order valence-corrected chi connectivity index (χ4v) is 12.3. The molecule has 2 heterocycles. The summed E-state index contributed by atoms with van der Waals surface area (Å²) in [6.45, 7) is 29.6. The fourth-order valence-electron chi connectivity index (χ4n) is 12.3. The van der Waals surface area contributed by atoms with Crippen LogP contribution in [0.4, 0.5) is 26.3 Å². The van der Waals surface area contributed by atoms with E-state index in [0.717, 1.165) is 25.0 Å². The van der Waals surface area contributed by atoms with Gasteiger partial charge in [0.15, 0.2) is 0 Å². The molecule has 1 saturated carbocycles. The van der Waals surface area contributed by atoms with Crippen LogP contribution in [0.2, 0.25) is 0 Å². The van der Waals surface area contributed by atoms with E-state index in [-0.39, 0.29) is 65.8 Å². The molecule has 9 nitrogen and oxygen atoms in total. The van der Waals surface area contributed by atoms with Crippen LogP contribution in [0.3, 0.4) is 0 Å². The van der Waals surface area contributed by atoms with Crippen LogP contribution in [0, 0.1) is 39.9 Å². The minimum Gasteiger partial charge on any atom is -0.462 e. The SMILES string of the molecule is CCC(C)CC1(C)C(C)(C)CC(COC(=O)c2cc(C(=O)OCC3CC(C)(C)NC3(C)C)cc(C(c3cc(C=O)cc(C(=O)OCC4CC(C)(C)NC4(C)C)c3)(C(F)(F)F)C(F)(F)F)c2)C1(C)C. The number of nitrogens with one attached hydrogen (secondary N) is 2. The van der Waals surface area contributed by atoms with Crippen LogP contribution in [0.1, 0.15) is 189 Å². The molecule has 68 heavy (non-hydrogen) atoms. The maximum atomic E-state index is 16.0. The molecule has 5 rings (SSSR count). The lowest BCUT2D eigenvalue weighted by Crippen LogP contribution is -2.55. The van der Waals surface area contributed by atoms with E-state index in [4.69, 9.17) is 14.2 Å². The molecule has 2 N–H and O–H groups in total. The molecule has 15 heteroatoms. The minimum atomic E-state index is -6.26. The number of hydrogen-bond donors (Lipinski definition) is 2. The molecule has 2 aromatic rings. The lowest BCUT2D eigenvalue weighted by molar-refractivity contribution is -0.288. The lowest BCUT2D eigenvalue weighted by Gasteiger charge is -2.49. The molecule has 0 amide bonds. The van der Waals surface area contributed by atoms with E-state index < -0.39 is 85.5 Å². The van der Waals surface area contributed by atoms with Crippen molar-refractivity contribution >= 4 is 24.2 Å². The van der Waals surface area contributed by atoms with Gasteiger partial charge in [-0.3, -0.25) is 4.79 Å². The maximum Gasteiger partial charge on any atom is 0.411 e. The smallest absolute Gasteiger partial charge is 0.411 e. The summed E-state index contributed by atoms with van der Waals surface area (Å²) < 4.78 is 113. The van der Waals surface area contributed by atoms with E-state index in [9.17, 15) is 19.2 Å². The highest BCUT2D eigenvalue weighted by Gasteiger charge is 2.73. The molecule has 0 radical (unpaired) electrons. The quantitative estimate of drug-likeness (QED) is 0.0778. The van der Waals surface area contributed by atoms with Crippen molar-refractivity contribution in [1.29, 1.82) is 0 Å². The third-order valence-corrected chi connectivity index (χ3v) is 16.7. The summed E-state index contributed by atoms with van der Waals surface area (Å²) in [7, 11) is 0. The highest BCUT2D eigenvalue weighted by Crippen LogP contribution is 2.67. The Balaban J connectivity index is 1.63. The number of rotatable bonds is 15. The van der Waals surface area contributed by atoms with Crippen molar-refractivity contribution in [1.82, 2.24) is 10.6 Å². The van der Waals surface area contributed by atoms with Crippen molar-refractivity contribution in [3.8, 4) is 0 Å². The van der Waals surface area contributed by atoms with E-state index in [1.165, 1.54) is 0 Å². The number of carbonyl (C=O) groups is 4. The fraction of sp³-hybridized carbons (Fsp3) is 0.698. The number of carbonyl (C=O) groups excluding carboxylic acids is 4. The average molecular weight is 965 g/mol. The van der Waals surface area contributed by atoms with Gasteiger partial charge in [-0.1, -0.05) is 54.9 Å². The van der Waals surface area contributed by atoms with Gasteiger partial charge in [0, 0.05) is 39.6 Å². The van der Waals surface area contributed by atoms with Crippen LogP contribution in [-0.2, 0) is 19.6 Å². The van der Waals surface area contributed by atoms with Crippen molar-refractivity contribution < 1.29 is 59.7 Å². The molecule has 2 aliphatic heterocycles. The number of esters is 3. The predicted molar refractivity (Wildman–Crippen MR) is 249 cm³/mol. The summed E-state index contributed by atoms with van der Waals surface area (Å²) in [6.07, 6.45) is -8.95. The Kier molecular flexibility index (Phi) is 14.8. The van der Waals surface area contributed by atoms with Crippen LogP contribution in [0.5, 0.6) is 0 Å². The van der Waals surface area contributed by atoms with E-state index in [1.54, 1.807) is 0 Å². The molecule has 0 bridgehead atoms. The molecule has 0 aromatic heterocycles. The zero-order valence-corrected chi connectivity index (χ0v) is 42.6. The second-order valence-electron chi connectivity index (χ2n) is 24.1. The molecule has 2 aromatic carbocycles. The van der Waals surface area contributed by atoms with Crippen molar-refractivity contribution in [2.45, 2.75) is 176 Å². The van der Waals surface area contributed by atoms with E-state index in [2.05, 4.69) is 59.1 Å². The molecule has 0 spiro atoms. The number of benzene rings is 2. The number of alkyl halides is 6. The standard InChI is InChI=1S/C53H74F6N2O7/c1-16-31(2)23-50(15)44(3,4)24-38(47(50,9)10)28-66-42(64)34-19-35(43(65)68-30-40-26-46(7,8)61-49(40,13)14)22-37(21-34)51(52(54,55)56,53(57,58)59)36-18-32(27-62)17-33(20-36)41(63)67-29-39-25-45(5,6)60-48(39,11)12/h17-22,27,31,38-40,60-61H,16,23-26,28-30H2,1-15H3. The van der Waals surface area contributed by atoms with Gasteiger partial charge in [0.2, 0.25) is 5.41 Å². The molecule has 3 fully saturated rings. The van der Waals surface area contributed by atoms with E-state index >= 15 is 26.3 Å². The Morgan fingerprint density at radius 3 is 1.35 bits per heavy atom. The van der Waals surface area contributed by atoms with Gasteiger partial charge in [-0.2, -0.15) is 26.3 Å². The Bertz CT molecular complexity index is 2230. The summed E-state index contributed by atoms with van der Waals surface area (Å²) in [4.78, 5) is 54.2. The van der Waals surface area contributed by atoms with Gasteiger partial charge >= 0.3 is 30.3 Å². The Hall–Kier alpha value is -3.98. The van der Waals surface area contributed by atoms with Gasteiger partial charge in [0.1, 0.15) is 6.29 Å². The number of hydrogen-bond acceptors (Lipinski definition) is 9. The number of ether oxygens (including phenoxy) is 3. The van der Waals surface area contributed by atoms with Crippen molar-refractivity contribution in [2.24, 2.45) is 39.9 Å². The van der Waals surface area contributed by atoms with Crippen molar-refractivity contribution in [3.63, 3.8) is 0 Å².